The highest BCUT2D eigenvalue weighted by Gasteiger charge is 2.11. The molecule has 0 aliphatic heterocycles. The van der Waals surface area contributed by atoms with Gasteiger partial charge in [0, 0.05) is 0 Å². The van der Waals surface area contributed by atoms with Crippen molar-refractivity contribution in [3.8, 4) is 0 Å². The average Bonchev–Trinajstić information content (AvgIpc) is 2.03. The molecule has 12 heavy (non-hydrogen) atoms. The summed E-state index contributed by atoms with van der Waals surface area (Å²) < 4.78 is 0. The van der Waals surface area contributed by atoms with Crippen LogP contribution in [0.1, 0.15) is 19.3 Å². The van der Waals surface area contributed by atoms with Crippen LogP contribution < -0.4 is 11.5 Å². The third-order valence-electron chi connectivity index (χ3n) is 1.54. The summed E-state index contributed by atoms with van der Waals surface area (Å²) in [6.45, 7) is 0. The van der Waals surface area contributed by atoms with Crippen LogP contribution in [0.3, 0.4) is 0 Å². The Morgan fingerprint density at radius 2 is 2.00 bits per heavy atom. The maximum absolute atomic E-state index is 10.2. The van der Waals surface area contributed by atoms with Gasteiger partial charge in [0.25, 0.3) is 0 Å². The molecule has 2 atom stereocenters. The van der Waals surface area contributed by atoms with E-state index in [1.807, 2.05) is 0 Å². The van der Waals surface area contributed by atoms with Crippen molar-refractivity contribution in [2.45, 2.75) is 31.3 Å². The molecular formula is C7H14N2O3. The molecule has 0 aliphatic carbocycles. The van der Waals surface area contributed by atoms with Crippen molar-refractivity contribution >= 4 is 12.3 Å². The quantitative estimate of drug-likeness (QED) is 0.452. The van der Waals surface area contributed by atoms with Crippen molar-refractivity contribution in [3.05, 3.63) is 0 Å². The fraction of sp³-hybridized carbons (Fsp3) is 0.714. The lowest BCUT2D eigenvalue weighted by atomic mass is 10.1. The third-order valence-corrected chi connectivity index (χ3v) is 1.54. The number of hydrogen-bond donors (Lipinski definition) is 3. The van der Waals surface area contributed by atoms with Crippen LogP contribution >= 0.6 is 0 Å². The lowest BCUT2D eigenvalue weighted by molar-refractivity contribution is -0.138. The largest absolute Gasteiger partial charge is 0.480 e. The fourth-order valence-corrected chi connectivity index (χ4v) is 0.765. The Morgan fingerprint density at radius 1 is 1.42 bits per heavy atom. The topological polar surface area (TPSA) is 106 Å². The van der Waals surface area contributed by atoms with Gasteiger partial charge in [-0.3, -0.25) is 4.79 Å². The predicted octanol–water partition coefficient (Wildman–Crippen LogP) is -0.905. The number of rotatable bonds is 6. The molecule has 0 aliphatic rings. The van der Waals surface area contributed by atoms with Crippen LogP contribution in [-0.2, 0) is 9.59 Å². The summed E-state index contributed by atoms with van der Waals surface area (Å²) in [5, 5.41) is 8.38. The first kappa shape index (κ1) is 11.1. The Bertz CT molecular complexity index is 161. The zero-order valence-electron chi connectivity index (χ0n) is 6.77. The minimum absolute atomic E-state index is 0.358. The molecule has 0 radical (unpaired) electrons. The SMILES string of the molecule is NC(C=O)CCC[C@H](N)C(=O)O. The number of aldehydes is 1. The van der Waals surface area contributed by atoms with Crippen LogP contribution in [0.5, 0.6) is 0 Å². The number of hydrogen-bond acceptors (Lipinski definition) is 4. The zero-order chi connectivity index (χ0) is 9.56. The molecular weight excluding hydrogens is 160 g/mol. The van der Waals surface area contributed by atoms with Crippen LogP contribution in [0.4, 0.5) is 0 Å². The second-order valence-electron chi connectivity index (χ2n) is 2.68. The van der Waals surface area contributed by atoms with E-state index in [-0.39, 0.29) is 0 Å². The summed E-state index contributed by atoms with van der Waals surface area (Å²) in [6.07, 6.45) is 2.06. The number of nitrogens with two attached hydrogens (primary N) is 2. The molecule has 0 aromatic rings. The van der Waals surface area contributed by atoms with Gasteiger partial charge in [-0.2, -0.15) is 0 Å². The minimum Gasteiger partial charge on any atom is -0.480 e. The maximum atomic E-state index is 10.2. The van der Waals surface area contributed by atoms with E-state index in [0.717, 1.165) is 0 Å². The summed E-state index contributed by atoms with van der Waals surface area (Å²) >= 11 is 0. The predicted molar refractivity (Wildman–Crippen MR) is 43.5 cm³/mol. The van der Waals surface area contributed by atoms with Gasteiger partial charge >= 0.3 is 5.97 Å². The van der Waals surface area contributed by atoms with Crippen LogP contribution in [0.15, 0.2) is 0 Å². The normalized spacial score (nSPS) is 15.2. The van der Waals surface area contributed by atoms with Crippen molar-refractivity contribution in [3.63, 3.8) is 0 Å². The molecule has 0 saturated heterocycles. The van der Waals surface area contributed by atoms with Gasteiger partial charge in [-0.15, -0.1) is 0 Å². The van der Waals surface area contributed by atoms with E-state index in [2.05, 4.69) is 0 Å². The first-order valence-electron chi connectivity index (χ1n) is 3.77. The molecule has 0 amide bonds. The van der Waals surface area contributed by atoms with E-state index in [4.69, 9.17) is 16.6 Å². The van der Waals surface area contributed by atoms with Gasteiger partial charge in [0.05, 0.1) is 6.04 Å². The molecule has 0 spiro atoms. The number of carbonyl (C=O) groups is 2. The van der Waals surface area contributed by atoms with Crippen LogP contribution in [0.25, 0.3) is 0 Å². The smallest absolute Gasteiger partial charge is 0.320 e. The highest BCUT2D eigenvalue weighted by atomic mass is 16.4. The summed E-state index contributed by atoms with van der Waals surface area (Å²) in [6, 6.07) is -1.34. The molecule has 0 bridgehead atoms. The fourth-order valence-electron chi connectivity index (χ4n) is 0.765. The van der Waals surface area contributed by atoms with Crippen LogP contribution in [-0.4, -0.2) is 29.4 Å². The molecule has 70 valence electrons. The van der Waals surface area contributed by atoms with Crippen molar-refractivity contribution in [1.82, 2.24) is 0 Å². The molecule has 0 rings (SSSR count). The van der Waals surface area contributed by atoms with Gasteiger partial charge in [0.15, 0.2) is 0 Å². The molecule has 0 heterocycles. The summed E-state index contributed by atoms with van der Waals surface area (Å²) in [7, 11) is 0. The minimum atomic E-state index is -1.02. The Hall–Kier alpha value is -0.940. The van der Waals surface area contributed by atoms with Gasteiger partial charge in [-0.1, -0.05) is 0 Å². The van der Waals surface area contributed by atoms with Crippen LogP contribution in [0, 0.1) is 0 Å². The molecule has 0 saturated carbocycles. The van der Waals surface area contributed by atoms with Gasteiger partial charge < -0.3 is 21.4 Å². The lowest BCUT2D eigenvalue weighted by Gasteiger charge is -2.06. The molecule has 5 N–H and O–H groups in total. The second-order valence-corrected chi connectivity index (χ2v) is 2.68. The van der Waals surface area contributed by atoms with E-state index in [1.54, 1.807) is 0 Å². The molecule has 0 fully saturated rings. The molecule has 0 aromatic heterocycles. The number of aliphatic carboxylic acids is 1. The molecule has 5 nitrogen and oxygen atoms in total. The molecule has 0 aromatic carbocycles. The van der Waals surface area contributed by atoms with Gasteiger partial charge in [-0.25, -0.2) is 0 Å². The first-order valence-corrected chi connectivity index (χ1v) is 3.77. The monoisotopic (exact) mass is 174 g/mol. The molecule has 1 unspecified atom stereocenters. The highest BCUT2D eigenvalue weighted by molar-refractivity contribution is 5.72. The zero-order valence-corrected chi connectivity index (χ0v) is 6.77. The average molecular weight is 174 g/mol. The Labute approximate surface area is 70.7 Å². The van der Waals surface area contributed by atoms with Gasteiger partial charge in [-0.05, 0) is 19.3 Å². The van der Waals surface area contributed by atoms with Crippen molar-refractivity contribution in [2.24, 2.45) is 11.5 Å². The number of carboxylic acid groups (broad SMARTS) is 1. The second kappa shape index (κ2) is 5.68. The Balaban J connectivity index is 3.43. The maximum Gasteiger partial charge on any atom is 0.320 e. The van der Waals surface area contributed by atoms with E-state index in [1.165, 1.54) is 0 Å². The van der Waals surface area contributed by atoms with Gasteiger partial charge in [0.2, 0.25) is 0 Å². The van der Waals surface area contributed by atoms with Crippen molar-refractivity contribution < 1.29 is 14.7 Å². The molecule has 5 heteroatoms. The van der Waals surface area contributed by atoms with E-state index in [0.29, 0.717) is 25.5 Å². The first-order chi connectivity index (χ1) is 5.57. The number of carbonyl (C=O) groups excluding carboxylic acids is 1. The highest BCUT2D eigenvalue weighted by Crippen LogP contribution is 2.00. The Morgan fingerprint density at radius 3 is 2.42 bits per heavy atom. The Kier molecular flexibility index (Phi) is 5.23. The standard InChI is InChI=1S/C7H14N2O3/c8-5(4-10)2-1-3-6(9)7(11)12/h4-6H,1-3,8-9H2,(H,11,12)/t5?,6-/m0/s1. The lowest BCUT2D eigenvalue weighted by Crippen LogP contribution is -2.30. The number of carboxylic acids is 1. The van der Waals surface area contributed by atoms with E-state index >= 15 is 0 Å². The van der Waals surface area contributed by atoms with E-state index < -0.39 is 18.1 Å². The van der Waals surface area contributed by atoms with Crippen molar-refractivity contribution in [1.29, 1.82) is 0 Å². The summed E-state index contributed by atoms with van der Waals surface area (Å²) in [5.74, 6) is -1.02. The summed E-state index contributed by atoms with van der Waals surface area (Å²) in [5.41, 5.74) is 10.5. The third kappa shape index (κ3) is 4.81. The van der Waals surface area contributed by atoms with E-state index in [9.17, 15) is 9.59 Å². The van der Waals surface area contributed by atoms with Crippen molar-refractivity contribution in [2.75, 3.05) is 0 Å². The van der Waals surface area contributed by atoms with Gasteiger partial charge in [0.1, 0.15) is 12.3 Å². The van der Waals surface area contributed by atoms with Crippen LogP contribution in [0.2, 0.25) is 0 Å². The summed E-state index contributed by atoms with van der Waals surface area (Å²) in [4.78, 5) is 20.3.